The summed E-state index contributed by atoms with van der Waals surface area (Å²) in [4.78, 5) is 15.1. The van der Waals surface area contributed by atoms with Crippen molar-refractivity contribution >= 4 is 16.8 Å². The average Bonchev–Trinajstić information content (AvgIpc) is 2.76. The molecule has 0 aliphatic rings. The summed E-state index contributed by atoms with van der Waals surface area (Å²) in [6.45, 7) is 2.08. The Morgan fingerprint density at radius 1 is 1.20 bits per heavy atom. The predicted molar refractivity (Wildman–Crippen MR) is 79.4 cm³/mol. The smallest absolute Gasteiger partial charge is 0.267 e. The lowest BCUT2D eigenvalue weighted by Gasteiger charge is -2.05. The van der Waals surface area contributed by atoms with Crippen molar-refractivity contribution in [2.24, 2.45) is 12.8 Å². The average molecular weight is 265 g/mol. The van der Waals surface area contributed by atoms with Gasteiger partial charge in [0.1, 0.15) is 5.69 Å². The van der Waals surface area contributed by atoms with E-state index in [0.29, 0.717) is 0 Å². The molecule has 0 aliphatic heterocycles. The maximum Gasteiger partial charge on any atom is 0.267 e. The summed E-state index contributed by atoms with van der Waals surface area (Å²) in [6.07, 6.45) is 1.68. The summed E-state index contributed by atoms with van der Waals surface area (Å²) >= 11 is 0. The van der Waals surface area contributed by atoms with Crippen molar-refractivity contribution in [3.8, 4) is 11.3 Å². The molecule has 0 aliphatic carbocycles. The molecule has 3 rings (SSSR count). The third-order valence-electron chi connectivity index (χ3n) is 3.51. The fraction of sp³-hybridized carbons (Fsp3) is 0.125. The SMILES string of the molecule is Cc1ccc2cc(-c3ccc(C(N)=O)nc3)n(C)c2c1. The van der Waals surface area contributed by atoms with Gasteiger partial charge in [0.15, 0.2) is 0 Å². The van der Waals surface area contributed by atoms with E-state index in [1.54, 1.807) is 12.3 Å². The first-order valence-electron chi connectivity index (χ1n) is 6.38. The molecule has 2 heterocycles. The van der Waals surface area contributed by atoms with E-state index in [1.165, 1.54) is 16.5 Å². The molecule has 2 aromatic heterocycles. The second-order valence-corrected chi connectivity index (χ2v) is 4.95. The van der Waals surface area contributed by atoms with Crippen LogP contribution < -0.4 is 5.73 Å². The molecule has 0 fully saturated rings. The zero-order valence-electron chi connectivity index (χ0n) is 11.4. The van der Waals surface area contributed by atoms with Gasteiger partial charge < -0.3 is 10.3 Å². The van der Waals surface area contributed by atoms with Crippen molar-refractivity contribution in [1.82, 2.24) is 9.55 Å². The highest BCUT2D eigenvalue weighted by atomic mass is 16.1. The highest BCUT2D eigenvalue weighted by molar-refractivity contribution is 5.91. The van der Waals surface area contributed by atoms with Crippen molar-refractivity contribution in [3.63, 3.8) is 0 Å². The summed E-state index contributed by atoms with van der Waals surface area (Å²) in [7, 11) is 2.03. The van der Waals surface area contributed by atoms with Crippen LogP contribution in [0.4, 0.5) is 0 Å². The molecule has 2 N–H and O–H groups in total. The molecule has 4 nitrogen and oxygen atoms in total. The molecule has 4 heteroatoms. The van der Waals surface area contributed by atoms with E-state index in [-0.39, 0.29) is 5.69 Å². The zero-order chi connectivity index (χ0) is 14.3. The second-order valence-electron chi connectivity index (χ2n) is 4.95. The van der Waals surface area contributed by atoms with Crippen molar-refractivity contribution < 1.29 is 4.79 Å². The Balaban J connectivity index is 2.14. The van der Waals surface area contributed by atoms with Gasteiger partial charge in [-0.1, -0.05) is 12.1 Å². The number of hydrogen-bond acceptors (Lipinski definition) is 2. The quantitative estimate of drug-likeness (QED) is 0.774. The second kappa shape index (κ2) is 4.49. The number of nitrogens with two attached hydrogens (primary N) is 1. The lowest BCUT2D eigenvalue weighted by molar-refractivity contribution is 0.0995. The van der Waals surface area contributed by atoms with Crippen LogP contribution in [0.1, 0.15) is 16.1 Å². The normalized spacial score (nSPS) is 10.9. The molecule has 20 heavy (non-hydrogen) atoms. The first kappa shape index (κ1) is 12.4. The third kappa shape index (κ3) is 1.95. The van der Waals surface area contributed by atoms with E-state index in [0.717, 1.165) is 11.3 Å². The van der Waals surface area contributed by atoms with Crippen LogP contribution in [0.3, 0.4) is 0 Å². The van der Waals surface area contributed by atoms with Crippen molar-refractivity contribution in [2.75, 3.05) is 0 Å². The van der Waals surface area contributed by atoms with Gasteiger partial charge in [0, 0.05) is 29.7 Å². The minimum Gasteiger partial charge on any atom is -0.364 e. The lowest BCUT2D eigenvalue weighted by atomic mass is 10.1. The molecule has 0 radical (unpaired) electrons. The van der Waals surface area contributed by atoms with E-state index in [4.69, 9.17) is 5.73 Å². The number of benzene rings is 1. The fourth-order valence-corrected chi connectivity index (χ4v) is 2.41. The summed E-state index contributed by atoms with van der Waals surface area (Å²) in [6, 6.07) is 12.0. The number of hydrogen-bond donors (Lipinski definition) is 1. The number of rotatable bonds is 2. The van der Waals surface area contributed by atoms with E-state index < -0.39 is 5.91 Å². The number of carbonyl (C=O) groups excluding carboxylic acids is 1. The molecular formula is C16H15N3O. The maximum atomic E-state index is 11.0. The van der Waals surface area contributed by atoms with Crippen LogP contribution >= 0.6 is 0 Å². The van der Waals surface area contributed by atoms with Gasteiger partial charge in [-0.2, -0.15) is 0 Å². The Hall–Kier alpha value is -2.62. The molecule has 3 aromatic rings. The fourth-order valence-electron chi connectivity index (χ4n) is 2.41. The molecule has 0 saturated heterocycles. The van der Waals surface area contributed by atoms with Gasteiger partial charge >= 0.3 is 0 Å². The van der Waals surface area contributed by atoms with Crippen molar-refractivity contribution in [1.29, 1.82) is 0 Å². The number of nitrogens with zero attached hydrogens (tertiary/aromatic N) is 2. The molecule has 0 saturated carbocycles. The summed E-state index contributed by atoms with van der Waals surface area (Å²) in [5.74, 6) is -0.510. The van der Waals surface area contributed by atoms with Gasteiger partial charge in [0.2, 0.25) is 0 Å². The number of amides is 1. The van der Waals surface area contributed by atoms with Crippen LogP contribution in [0.25, 0.3) is 22.2 Å². The van der Waals surface area contributed by atoms with Crippen LogP contribution in [0.5, 0.6) is 0 Å². The minimum absolute atomic E-state index is 0.281. The van der Waals surface area contributed by atoms with Gasteiger partial charge in [-0.05, 0) is 36.8 Å². The monoisotopic (exact) mass is 265 g/mol. The molecule has 0 unspecified atom stereocenters. The molecular weight excluding hydrogens is 250 g/mol. The van der Waals surface area contributed by atoms with E-state index in [2.05, 4.69) is 40.7 Å². The maximum absolute atomic E-state index is 11.0. The van der Waals surface area contributed by atoms with E-state index in [9.17, 15) is 4.79 Å². The van der Waals surface area contributed by atoms with Crippen LogP contribution in [0.2, 0.25) is 0 Å². The van der Waals surface area contributed by atoms with Crippen molar-refractivity contribution in [3.05, 3.63) is 53.9 Å². The molecule has 1 aromatic carbocycles. The topological polar surface area (TPSA) is 60.9 Å². The molecule has 1 amide bonds. The Bertz CT molecular complexity index is 800. The van der Waals surface area contributed by atoms with Gasteiger partial charge in [-0.3, -0.25) is 9.78 Å². The van der Waals surface area contributed by atoms with Crippen LogP contribution in [-0.2, 0) is 7.05 Å². The molecule has 0 spiro atoms. The first-order chi connectivity index (χ1) is 9.56. The Morgan fingerprint density at radius 2 is 2.00 bits per heavy atom. The Morgan fingerprint density at radius 3 is 2.65 bits per heavy atom. The number of pyridine rings is 1. The van der Waals surface area contributed by atoms with Crippen molar-refractivity contribution in [2.45, 2.75) is 6.92 Å². The van der Waals surface area contributed by atoms with Crippen LogP contribution in [0.15, 0.2) is 42.6 Å². The lowest BCUT2D eigenvalue weighted by Crippen LogP contribution is -2.12. The molecule has 0 atom stereocenters. The molecule has 100 valence electrons. The number of carbonyl (C=O) groups is 1. The summed E-state index contributed by atoms with van der Waals surface area (Å²) in [5.41, 5.74) is 9.92. The van der Waals surface area contributed by atoms with Gasteiger partial charge in [-0.25, -0.2) is 0 Å². The number of aromatic nitrogens is 2. The number of primary amides is 1. The summed E-state index contributed by atoms with van der Waals surface area (Å²) < 4.78 is 2.13. The van der Waals surface area contributed by atoms with E-state index in [1.807, 2.05) is 13.1 Å². The third-order valence-corrected chi connectivity index (χ3v) is 3.51. The van der Waals surface area contributed by atoms with Gasteiger partial charge in [-0.15, -0.1) is 0 Å². The Labute approximate surface area is 116 Å². The highest BCUT2D eigenvalue weighted by Gasteiger charge is 2.09. The number of aryl methyl sites for hydroxylation is 2. The summed E-state index contributed by atoms with van der Waals surface area (Å²) in [5, 5.41) is 1.19. The van der Waals surface area contributed by atoms with Gasteiger partial charge in [0.25, 0.3) is 5.91 Å². The molecule has 0 bridgehead atoms. The highest BCUT2D eigenvalue weighted by Crippen LogP contribution is 2.27. The standard InChI is InChI=1S/C16H15N3O/c1-10-3-4-11-8-15(19(2)14(11)7-10)12-5-6-13(16(17)20)18-9-12/h3-9H,1-2H3,(H2,17,20). The van der Waals surface area contributed by atoms with Gasteiger partial charge in [0.05, 0.1) is 5.69 Å². The zero-order valence-corrected chi connectivity index (χ0v) is 11.4. The number of fused-ring (bicyclic) bond motifs is 1. The Kier molecular flexibility index (Phi) is 2.79. The first-order valence-corrected chi connectivity index (χ1v) is 6.38. The van der Waals surface area contributed by atoms with Crippen LogP contribution in [0, 0.1) is 6.92 Å². The van der Waals surface area contributed by atoms with E-state index >= 15 is 0 Å². The minimum atomic E-state index is -0.510. The predicted octanol–water partition coefficient (Wildman–Crippen LogP) is 2.65. The largest absolute Gasteiger partial charge is 0.364 e. The van der Waals surface area contributed by atoms with Crippen LogP contribution in [-0.4, -0.2) is 15.5 Å².